The fraction of sp³-hybridized carbons (Fsp3) is 0.750. The van der Waals surface area contributed by atoms with Crippen LogP contribution in [0.25, 0.3) is 0 Å². The Hall–Kier alpha value is -2.39. The number of nitrogens with one attached hydrogen (secondary N) is 3. The Morgan fingerprint density at radius 3 is 2.10 bits per heavy atom. The summed E-state index contributed by atoms with van der Waals surface area (Å²) < 4.78 is 36.6. The lowest BCUT2D eigenvalue weighted by Gasteiger charge is -2.32. The summed E-state index contributed by atoms with van der Waals surface area (Å²) in [6.45, 7) is 8.33. The van der Waals surface area contributed by atoms with Crippen molar-refractivity contribution >= 4 is 19.4 Å². The lowest BCUT2D eigenvalue weighted by atomic mass is 10.1. The second-order valence-electron chi connectivity index (χ2n) is 9.73. The maximum absolute atomic E-state index is 14.0. The van der Waals surface area contributed by atoms with Crippen LogP contribution in [0.2, 0.25) is 0 Å². The fourth-order valence-corrected chi connectivity index (χ4v) is 5.88. The number of hydrogen-bond donors (Lipinski definition) is 5. The van der Waals surface area contributed by atoms with E-state index in [9.17, 15) is 34.0 Å². The lowest BCUT2D eigenvalue weighted by molar-refractivity contribution is -0.247. The monoisotopic (exact) mass is 592 g/mol. The number of aliphatic hydroxyl groups excluding tert-OH is 2. The van der Waals surface area contributed by atoms with Gasteiger partial charge in [0.2, 0.25) is 7.44 Å². The van der Waals surface area contributed by atoms with Gasteiger partial charge in [0.25, 0.3) is 5.56 Å². The molecule has 228 valence electrons. The molecule has 2 heterocycles. The van der Waals surface area contributed by atoms with Crippen molar-refractivity contribution in [3.05, 3.63) is 33.1 Å². The van der Waals surface area contributed by atoms with Crippen molar-refractivity contribution in [2.24, 2.45) is 0 Å². The predicted molar refractivity (Wildman–Crippen MR) is 142 cm³/mol. The third-order valence-electron chi connectivity index (χ3n) is 6.16. The minimum absolute atomic E-state index is 0.178. The van der Waals surface area contributed by atoms with E-state index in [1.807, 2.05) is 18.8 Å². The number of carbonyl (C=O) groups is 2. The Bertz CT molecular complexity index is 1120. The van der Waals surface area contributed by atoms with Crippen LogP contribution >= 0.6 is 7.44 Å². The first-order valence-electron chi connectivity index (χ1n) is 13.2. The molecule has 0 aliphatic carbocycles. The molecule has 1 aromatic rings. The average Bonchev–Trinajstić information content (AvgIpc) is 3.12. The molecule has 0 unspecified atom stereocenters. The average molecular weight is 593 g/mol. The molecule has 2 rings (SSSR count). The van der Waals surface area contributed by atoms with Crippen LogP contribution in [0.5, 0.6) is 0 Å². The molecule has 1 aromatic heterocycles. The zero-order chi connectivity index (χ0) is 30.1. The number of ether oxygens (including phenoxy) is 4. The molecule has 1 aliphatic rings. The highest BCUT2D eigenvalue weighted by molar-refractivity contribution is 7.59. The third-order valence-corrected chi connectivity index (χ3v) is 8.26. The van der Waals surface area contributed by atoms with Crippen molar-refractivity contribution in [2.45, 2.75) is 96.6 Å². The molecule has 40 heavy (non-hydrogen) atoms. The van der Waals surface area contributed by atoms with Crippen LogP contribution in [-0.4, -0.2) is 81.3 Å². The van der Waals surface area contributed by atoms with Crippen LogP contribution in [0, 0.1) is 0 Å². The van der Waals surface area contributed by atoms with E-state index in [0.29, 0.717) is 12.8 Å². The number of rotatable bonds is 16. The van der Waals surface area contributed by atoms with Crippen LogP contribution < -0.4 is 21.4 Å². The van der Waals surface area contributed by atoms with Gasteiger partial charge in [-0.05, 0) is 33.6 Å². The maximum atomic E-state index is 14.0. The summed E-state index contributed by atoms with van der Waals surface area (Å²) in [5.41, 5.74) is -1.57. The SMILES string of the molecule is CCCCOC(=O)[C@H](C)NP(=O)(CO[C@@]1(C)O[C@@H](n2ccc(=O)[nH]c2=O)[C@H](O)[C@@H]1O)N[C@@H](C)C(=O)OCCCC. The molecule has 0 radical (unpaired) electrons. The summed E-state index contributed by atoms with van der Waals surface area (Å²) in [7, 11) is -3.98. The van der Waals surface area contributed by atoms with Crippen LogP contribution in [0.15, 0.2) is 21.9 Å². The summed E-state index contributed by atoms with van der Waals surface area (Å²) in [6.07, 6.45) is -1.59. The van der Waals surface area contributed by atoms with Gasteiger partial charge in [0.05, 0.1) is 13.2 Å². The van der Waals surface area contributed by atoms with Gasteiger partial charge < -0.3 is 29.2 Å². The summed E-state index contributed by atoms with van der Waals surface area (Å²) in [5.74, 6) is -3.34. The highest BCUT2D eigenvalue weighted by Gasteiger charge is 2.54. The second-order valence-corrected chi connectivity index (χ2v) is 12.0. The smallest absolute Gasteiger partial charge is 0.330 e. The molecule has 0 amide bonds. The number of nitrogens with zero attached hydrogens (tertiary/aromatic N) is 1. The topological polar surface area (TPSA) is 208 Å². The third kappa shape index (κ3) is 9.06. The number of esters is 2. The maximum Gasteiger partial charge on any atom is 0.330 e. The predicted octanol–water partition coefficient (Wildman–Crippen LogP) is 0.313. The quantitative estimate of drug-likeness (QED) is 0.0996. The molecule has 0 saturated carbocycles. The number of H-pyrrole nitrogens is 1. The van der Waals surface area contributed by atoms with Crippen molar-refractivity contribution in [3.63, 3.8) is 0 Å². The zero-order valence-electron chi connectivity index (χ0n) is 23.5. The Morgan fingerprint density at radius 1 is 1.10 bits per heavy atom. The lowest BCUT2D eigenvalue weighted by Crippen LogP contribution is -2.46. The summed E-state index contributed by atoms with van der Waals surface area (Å²) in [4.78, 5) is 50.5. The minimum atomic E-state index is -3.98. The van der Waals surface area contributed by atoms with Gasteiger partial charge in [-0.15, -0.1) is 0 Å². The number of aromatic amines is 1. The van der Waals surface area contributed by atoms with Crippen LogP contribution in [0.3, 0.4) is 0 Å². The molecule has 1 saturated heterocycles. The van der Waals surface area contributed by atoms with Gasteiger partial charge in [-0.2, -0.15) is 0 Å². The molecule has 0 bridgehead atoms. The van der Waals surface area contributed by atoms with Crippen LogP contribution in [0.4, 0.5) is 0 Å². The number of aromatic nitrogens is 2. The first-order chi connectivity index (χ1) is 18.8. The molecule has 0 aromatic carbocycles. The van der Waals surface area contributed by atoms with E-state index >= 15 is 0 Å². The van der Waals surface area contributed by atoms with Gasteiger partial charge >= 0.3 is 17.6 Å². The number of carbonyl (C=O) groups excluding carboxylic acids is 2. The standard InChI is InChI=1S/C24H41N4O11P/c1-6-8-12-36-21(32)15(3)26-40(35,27-16(4)22(33)37-13-9-7-2)14-38-24(5)19(31)18(30)20(39-24)28-11-10-17(29)25-23(28)34/h10-11,15-16,18-20,30-31H,6-9,12-14H2,1-5H3,(H,25,29,34)(H2,26,27,35)/t15-,16-,18+,19-,20+,24-/m0/s1. The largest absolute Gasteiger partial charge is 0.465 e. The van der Waals surface area contributed by atoms with Crippen molar-refractivity contribution < 1.29 is 43.3 Å². The summed E-state index contributed by atoms with van der Waals surface area (Å²) >= 11 is 0. The van der Waals surface area contributed by atoms with Crippen molar-refractivity contribution in [2.75, 3.05) is 19.6 Å². The van der Waals surface area contributed by atoms with Gasteiger partial charge in [0.1, 0.15) is 30.6 Å². The van der Waals surface area contributed by atoms with Crippen molar-refractivity contribution in [1.29, 1.82) is 0 Å². The first kappa shape index (κ1) is 33.8. The molecule has 1 fully saturated rings. The van der Waals surface area contributed by atoms with E-state index < -0.39 is 73.3 Å². The van der Waals surface area contributed by atoms with Gasteiger partial charge in [0.15, 0.2) is 12.0 Å². The Balaban J connectivity index is 2.22. The Labute approximate surface area is 232 Å². The van der Waals surface area contributed by atoms with Gasteiger partial charge in [0, 0.05) is 12.3 Å². The summed E-state index contributed by atoms with van der Waals surface area (Å²) in [5, 5.41) is 26.6. The van der Waals surface area contributed by atoms with E-state index in [1.165, 1.54) is 20.8 Å². The Kier molecular flexibility index (Phi) is 12.7. The van der Waals surface area contributed by atoms with Gasteiger partial charge in [-0.3, -0.25) is 28.5 Å². The van der Waals surface area contributed by atoms with E-state index in [1.54, 1.807) is 0 Å². The minimum Gasteiger partial charge on any atom is -0.465 e. The van der Waals surface area contributed by atoms with E-state index in [2.05, 4.69) is 10.2 Å². The van der Waals surface area contributed by atoms with Crippen LogP contribution in [0.1, 0.15) is 66.5 Å². The van der Waals surface area contributed by atoms with Crippen molar-refractivity contribution in [3.8, 4) is 0 Å². The molecule has 16 heteroatoms. The zero-order valence-corrected chi connectivity index (χ0v) is 24.3. The highest BCUT2D eigenvalue weighted by atomic mass is 31.2. The number of aliphatic hydroxyl groups is 2. The molecular weight excluding hydrogens is 551 g/mol. The Morgan fingerprint density at radius 2 is 1.62 bits per heavy atom. The molecule has 1 aliphatic heterocycles. The first-order valence-corrected chi connectivity index (χ1v) is 15.1. The van der Waals surface area contributed by atoms with E-state index in [0.717, 1.165) is 29.7 Å². The van der Waals surface area contributed by atoms with Crippen molar-refractivity contribution in [1.82, 2.24) is 19.7 Å². The van der Waals surface area contributed by atoms with E-state index in [4.69, 9.17) is 18.9 Å². The number of hydrogen-bond acceptors (Lipinski definition) is 11. The normalized spacial score (nSPS) is 24.4. The molecule has 6 atom stereocenters. The molecule has 0 spiro atoms. The molecular formula is C24H41N4O11P. The molecule has 15 nitrogen and oxygen atoms in total. The highest BCUT2D eigenvalue weighted by Crippen LogP contribution is 2.43. The molecule has 5 N–H and O–H groups in total. The van der Waals surface area contributed by atoms with Gasteiger partial charge in [-0.25, -0.2) is 15.0 Å². The summed E-state index contributed by atoms with van der Waals surface area (Å²) in [6, 6.07) is -1.13. The second kappa shape index (κ2) is 15.0. The van der Waals surface area contributed by atoms with Crippen LogP contribution in [-0.2, 0) is 33.1 Å². The number of unbranched alkanes of at least 4 members (excludes halogenated alkanes) is 2. The van der Waals surface area contributed by atoms with E-state index in [-0.39, 0.29) is 13.2 Å². The van der Waals surface area contributed by atoms with Gasteiger partial charge in [-0.1, -0.05) is 26.7 Å². The fourth-order valence-electron chi connectivity index (χ4n) is 3.76.